The van der Waals surface area contributed by atoms with Gasteiger partial charge in [0.1, 0.15) is 42.1 Å². The lowest BCUT2D eigenvalue weighted by Gasteiger charge is -2.21. The number of hydrogen-bond donors (Lipinski definition) is 3. The first-order chi connectivity index (χ1) is 15.1. The molecule has 0 fully saturated rings. The van der Waals surface area contributed by atoms with Crippen molar-refractivity contribution in [2.45, 2.75) is 6.10 Å². The van der Waals surface area contributed by atoms with Crippen molar-refractivity contribution in [3.8, 4) is 17.2 Å². The number of esters is 1. The lowest BCUT2D eigenvalue weighted by Crippen LogP contribution is -2.35. The standard InChI is InChI=1S/C21H28N2O8S/c1-23(10-11-30-18-8-9-19(20(25)12-18)21(26)29-2)13-16(24)14-31-17-6-4-15(5-7-17)22-32(3,27)28/h4-9,12,16,22,24-25H,10-11,13-14H2,1-3H3. The molecule has 2 aromatic carbocycles. The molecule has 0 aliphatic carbocycles. The molecule has 176 valence electrons. The number of anilines is 1. The number of methoxy groups -OCH3 is 1. The molecule has 2 rings (SSSR count). The van der Waals surface area contributed by atoms with Crippen LogP contribution in [-0.4, -0.2) is 82.3 Å². The molecule has 0 saturated heterocycles. The second kappa shape index (κ2) is 11.6. The van der Waals surface area contributed by atoms with E-state index in [-0.39, 0.29) is 17.9 Å². The zero-order valence-electron chi connectivity index (χ0n) is 18.1. The number of phenols is 1. The molecule has 0 saturated carbocycles. The summed E-state index contributed by atoms with van der Waals surface area (Å²) >= 11 is 0. The minimum absolute atomic E-state index is 0.0568. The van der Waals surface area contributed by atoms with Gasteiger partial charge in [-0.25, -0.2) is 13.2 Å². The van der Waals surface area contributed by atoms with Crippen molar-refractivity contribution in [1.82, 2.24) is 4.90 Å². The van der Waals surface area contributed by atoms with Crippen LogP contribution in [0.4, 0.5) is 5.69 Å². The maximum atomic E-state index is 11.5. The molecule has 10 nitrogen and oxygen atoms in total. The SMILES string of the molecule is COC(=O)c1ccc(OCCN(C)CC(O)COc2ccc(NS(C)(=O)=O)cc2)cc1O. The normalized spacial score (nSPS) is 12.3. The smallest absolute Gasteiger partial charge is 0.341 e. The first kappa shape index (κ1) is 25.2. The second-order valence-corrected chi connectivity index (χ2v) is 8.89. The van der Waals surface area contributed by atoms with Crippen molar-refractivity contribution in [3.63, 3.8) is 0 Å². The highest BCUT2D eigenvalue weighted by atomic mass is 32.2. The van der Waals surface area contributed by atoms with Crippen LogP contribution in [0.1, 0.15) is 10.4 Å². The van der Waals surface area contributed by atoms with E-state index in [0.29, 0.717) is 36.9 Å². The van der Waals surface area contributed by atoms with Crippen LogP contribution in [0.2, 0.25) is 0 Å². The number of carbonyl (C=O) groups is 1. The highest BCUT2D eigenvalue weighted by molar-refractivity contribution is 7.92. The van der Waals surface area contributed by atoms with E-state index in [4.69, 9.17) is 9.47 Å². The Bertz CT molecular complexity index is 995. The van der Waals surface area contributed by atoms with Crippen molar-refractivity contribution in [2.24, 2.45) is 0 Å². The van der Waals surface area contributed by atoms with Crippen LogP contribution in [0, 0.1) is 0 Å². The van der Waals surface area contributed by atoms with Gasteiger partial charge in [-0.3, -0.25) is 4.72 Å². The van der Waals surface area contributed by atoms with Gasteiger partial charge in [0.15, 0.2) is 0 Å². The molecule has 0 aliphatic heterocycles. The molecule has 32 heavy (non-hydrogen) atoms. The minimum Gasteiger partial charge on any atom is -0.507 e. The summed E-state index contributed by atoms with van der Waals surface area (Å²) in [7, 11) is -0.293. The molecule has 11 heteroatoms. The quantitative estimate of drug-likeness (QED) is 0.394. The van der Waals surface area contributed by atoms with Gasteiger partial charge in [-0.05, 0) is 43.4 Å². The van der Waals surface area contributed by atoms with E-state index < -0.39 is 22.1 Å². The number of hydrogen-bond acceptors (Lipinski definition) is 9. The molecular weight excluding hydrogens is 440 g/mol. The molecule has 0 spiro atoms. The first-order valence-electron chi connectivity index (χ1n) is 9.69. The van der Waals surface area contributed by atoms with Crippen LogP contribution in [-0.2, 0) is 14.8 Å². The van der Waals surface area contributed by atoms with E-state index in [2.05, 4.69) is 9.46 Å². The summed E-state index contributed by atoms with van der Waals surface area (Å²) in [5, 5.41) is 20.0. The number of nitrogens with zero attached hydrogens (tertiary/aromatic N) is 1. The Labute approximate surface area is 187 Å². The number of ether oxygens (including phenoxy) is 3. The molecule has 0 radical (unpaired) electrons. The van der Waals surface area contributed by atoms with Gasteiger partial charge in [0, 0.05) is 24.8 Å². The lowest BCUT2D eigenvalue weighted by molar-refractivity contribution is 0.0597. The maximum Gasteiger partial charge on any atom is 0.341 e. The van der Waals surface area contributed by atoms with Gasteiger partial charge in [0.05, 0.1) is 13.4 Å². The van der Waals surface area contributed by atoms with E-state index in [0.717, 1.165) is 6.26 Å². The highest BCUT2D eigenvalue weighted by Crippen LogP contribution is 2.24. The van der Waals surface area contributed by atoms with Gasteiger partial charge in [-0.15, -0.1) is 0 Å². The Morgan fingerprint density at radius 1 is 1.12 bits per heavy atom. The predicted octanol–water partition coefficient (Wildman–Crippen LogP) is 1.30. The fourth-order valence-corrected chi connectivity index (χ4v) is 3.30. The van der Waals surface area contributed by atoms with Gasteiger partial charge in [-0.2, -0.15) is 0 Å². The van der Waals surface area contributed by atoms with Crippen molar-refractivity contribution in [3.05, 3.63) is 48.0 Å². The van der Waals surface area contributed by atoms with Crippen molar-refractivity contribution in [1.29, 1.82) is 0 Å². The third-order valence-corrected chi connectivity index (χ3v) is 4.85. The Balaban J connectivity index is 1.71. The van der Waals surface area contributed by atoms with Crippen molar-refractivity contribution >= 4 is 21.7 Å². The molecule has 0 amide bonds. The number of aliphatic hydroxyl groups is 1. The van der Waals surface area contributed by atoms with Gasteiger partial charge in [0.25, 0.3) is 0 Å². The fraction of sp³-hybridized carbons (Fsp3) is 0.381. The Hall–Kier alpha value is -3.02. The Morgan fingerprint density at radius 3 is 2.38 bits per heavy atom. The predicted molar refractivity (Wildman–Crippen MR) is 119 cm³/mol. The molecule has 2 aromatic rings. The minimum atomic E-state index is -3.34. The lowest BCUT2D eigenvalue weighted by atomic mass is 10.2. The topological polar surface area (TPSA) is 135 Å². The maximum absolute atomic E-state index is 11.5. The number of rotatable bonds is 12. The fourth-order valence-electron chi connectivity index (χ4n) is 2.73. The summed E-state index contributed by atoms with van der Waals surface area (Å²) in [6.45, 7) is 1.20. The van der Waals surface area contributed by atoms with E-state index in [1.54, 1.807) is 30.3 Å². The van der Waals surface area contributed by atoms with Crippen LogP contribution in [0.15, 0.2) is 42.5 Å². The number of aromatic hydroxyl groups is 1. The average molecular weight is 469 g/mol. The van der Waals surface area contributed by atoms with E-state index in [9.17, 15) is 23.4 Å². The summed E-state index contributed by atoms with van der Waals surface area (Å²) in [4.78, 5) is 13.3. The number of benzene rings is 2. The molecule has 0 bridgehead atoms. The van der Waals surface area contributed by atoms with Gasteiger partial charge in [0.2, 0.25) is 10.0 Å². The average Bonchev–Trinajstić information content (AvgIpc) is 2.71. The number of aliphatic hydroxyl groups excluding tert-OH is 1. The van der Waals surface area contributed by atoms with E-state index >= 15 is 0 Å². The third-order valence-electron chi connectivity index (χ3n) is 4.24. The number of phenolic OH excluding ortho intramolecular Hbond substituents is 1. The number of sulfonamides is 1. The number of likely N-dealkylation sites (N-methyl/N-ethyl adjacent to an activating group) is 1. The summed E-state index contributed by atoms with van der Waals surface area (Å²) in [5.41, 5.74) is 0.481. The van der Waals surface area contributed by atoms with Crippen LogP contribution < -0.4 is 14.2 Å². The van der Waals surface area contributed by atoms with Crippen LogP contribution in [0.5, 0.6) is 17.2 Å². The zero-order valence-corrected chi connectivity index (χ0v) is 19.0. The van der Waals surface area contributed by atoms with E-state index in [1.165, 1.54) is 19.2 Å². The van der Waals surface area contributed by atoms with Crippen molar-refractivity contribution in [2.75, 3.05) is 51.4 Å². The number of carbonyl (C=O) groups excluding carboxylic acids is 1. The highest BCUT2D eigenvalue weighted by Gasteiger charge is 2.13. The summed E-state index contributed by atoms with van der Waals surface area (Å²) in [6.07, 6.45) is 0.317. The Kier molecular flexibility index (Phi) is 9.12. The van der Waals surface area contributed by atoms with Gasteiger partial charge < -0.3 is 29.3 Å². The van der Waals surface area contributed by atoms with E-state index in [1.807, 2.05) is 11.9 Å². The summed E-state index contributed by atoms with van der Waals surface area (Å²) in [5.74, 6) is 0.0486. The number of nitrogens with one attached hydrogen (secondary N) is 1. The second-order valence-electron chi connectivity index (χ2n) is 7.14. The molecule has 1 unspecified atom stereocenters. The summed E-state index contributed by atoms with van der Waals surface area (Å²) in [6, 6.07) is 10.7. The third kappa shape index (κ3) is 8.61. The zero-order chi connectivity index (χ0) is 23.7. The molecule has 0 aliphatic rings. The van der Waals surface area contributed by atoms with Crippen molar-refractivity contribution < 1.29 is 37.6 Å². The van der Waals surface area contributed by atoms with Gasteiger partial charge in [-0.1, -0.05) is 0 Å². The molecular formula is C21H28N2O8S. The monoisotopic (exact) mass is 468 g/mol. The summed E-state index contributed by atoms with van der Waals surface area (Å²) < 4.78 is 40.4. The molecule has 1 atom stereocenters. The first-order valence-corrected chi connectivity index (χ1v) is 11.6. The molecule has 3 N–H and O–H groups in total. The van der Waals surface area contributed by atoms with Crippen LogP contribution in [0.25, 0.3) is 0 Å². The largest absolute Gasteiger partial charge is 0.507 e. The van der Waals surface area contributed by atoms with Crippen LogP contribution in [0.3, 0.4) is 0 Å². The molecule has 0 aromatic heterocycles. The molecule has 0 heterocycles. The Morgan fingerprint density at radius 2 is 1.78 bits per heavy atom. The van der Waals surface area contributed by atoms with Gasteiger partial charge >= 0.3 is 5.97 Å². The van der Waals surface area contributed by atoms with Crippen LogP contribution >= 0.6 is 0 Å².